The van der Waals surface area contributed by atoms with Gasteiger partial charge in [-0.25, -0.2) is 13.9 Å². The molecule has 2 N–H and O–H groups in total. The Hall–Kier alpha value is -3.08. The lowest BCUT2D eigenvalue weighted by Crippen LogP contribution is -2.48. The molecule has 0 bridgehead atoms. The third kappa shape index (κ3) is 4.50. The Morgan fingerprint density at radius 2 is 1.71 bits per heavy atom. The normalized spacial score (nSPS) is 17.0. The zero-order valence-corrected chi connectivity index (χ0v) is 17.5. The molecular formula is C21H23N3O6S. The number of hydroxylamine groups is 1. The number of hydrogen-bond acceptors (Lipinski definition) is 7. The van der Waals surface area contributed by atoms with Crippen LogP contribution in [0.2, 0.25) is 0 Å². The molecule has 0 spiro atoms. The van der Waals surface area contributed by atoms with Crippen LogP contribution in [-0.4, -0.2) is 63.2 Å². The summed E-state index contributed by atoms with van der Waals surface area (Å²) >= 11 is 0. The number of benzene rings is 2. The van der Waals surface area contributed by atoms with Crippen molar-refractivity contribution in [3.8, 4) is 11.5 Å². The number of ether oxygens (including phenoxy) is 2. The monoisotopic (exact) mass is 445 g/mol. The maximum Gasteiger partial charge on any atom is 0.267 e. The van der Waals surface area contributed by atoms with Gasteiger partial charge < -0.3 is 14.4 Å². The Kier molecular flexibility index (Phi) is 6.12. The van der Waals surface area contributed by atoms with Crippen molar-refractivity contribution < 1.29 is 27.9 Å². The first-order valence-corrected chi connectivity index (χ1v) is 11.3. The molecule has 4 rings (SSSR count). The van der Waals surface area contributed by atoms with Crippen LogP contribution in [0.25, 0.3) is 6.08 Å². The van der Waals surface area contributed by atoms with E-state index in [0.717, 1.165) is 11.3 Å². The van der Waals surface area contributed by atoms with E-state index in [1.807, 2.05) is 24.3 Å². The molecule has 0 radical (unpaired) electrons. The lowest BCUT2D eigenvalue weighted by molar-refractivity contribution is -0.124. The van der Waals surface area contributed by atoms with Gasteiger partial charge in [0.05, 0.1) is 4.90 Å². The molecule has 1 amide bonds. The molecule has 9 nitrogen and oxygen atoms in total. The van der Waals surface area contributed by atoms with Crippen LogP contribution in [-0.2, 0) is 14.8 Å². The largest absolute Gasteiger partial charge is 0.486 e. The third-order valence-electron chi connectivity index (χ3n) is 5.19. The van der Waals surface area contributed by atoms with Gasteiger partial charge in [0.2, 0.25) is 10.0 Å². The van der Waals surface area contributed by atoms with Gasteiger partial charge >= 0.3 is 0 Å². The molecule has 0 atom stereocenters. The standard InChI is InChI=1S/C21H23N3O6S/c25-21(22-26)8-5-16-3-1-2-4-18(16)23-9-11-24(12-10-23)31(27,28)17-6-7-19-20(15-17)30-14-13-29-19/h1-8,15,26H,9-14H2,(H,22,25). The number of para-hydroxylation sites is 1. The van der Waals surface area contributed by atoms with Gasteiger partial charge in [0, 0.05) is 44.0 Å². The Morgan fingerprint density at radius 1 is 1.00 bits per heavy atom. The number of piperazine rings is 1. The highest BCUT2D eigenvalue weighted by atomic mass is 32.2. The van der Waals surface area contributed by atoms with Gasteiger partial charge in [0.1, 0.15) is 13.2 Å². The number of hydrogen-bond donors (Lipinski definition) is 2. The quantitative estimate of drug-likeness (QED) is 0.408. The van der Waals surface area contributed by atoms with E-state index < -0.39 is 15.9 Å². The van der Waals surface area contributed by atoms with Crippen LogP contribution in [0.3, 0.4) is 0 Å². The number of carbonyl (C=O) groups excluding carboxylic acids is 1. The molecule has 164 valence electrons. The van der Waals surface area contributed by atoms with E-state index in [2.05, 4.69) is 4.90 Å². The molecule has 0 aromatic heterocycles. The third-order valence-corrected chi connectivity index (χ3v) is 7.09. The summed E-state index contributed by atoms with van der Waals surface area (Å²) < 4.78 is 38.7. The molecule has 2 aromatic rings. The van der Waals surface area contributed by atoms with E-state index in [9.17, 15) is 13.2 Å². The van der Waals surface area contributed by atoms with Crippen molar-refractivity contribution in [3.63, 3.8) is 0 Å². The van der Waals surface area contributed by atoms with Gasteiger partial charge in [-0.05, 0) is 29.8 Å². The first-order valence-electron chi connectivity index (χ1n) is 9.85. The second-order valence-electron chi connectivity index (χ2n) is 7.06. The highest BCUT2D eigenvalue weighted by Gasteiger charge is 2.30. The molecule has 2 heterocycles. The fourth-order valence-corrected chi connectivity index (χ4v) is 5.06. The minimum absolute atomic E-state index is 0.184. The maximum absolute atomic E-state index is 13.1. The van der Waals surface area contributed by atoms with Gasteiger partial charge in [-0.1, -0.05) is 18.2 Å². The smallest absolute Gasteiger partial charge is 0.267 e. The molecule has 0 aliphatic carbocycles. The van der Waals surface area contributed by atoms with Crippen LogP contribution < -0.4 is 19.9 Å². The molecule has 2 aliphatic heterocycles. The topological polar surface area (TPSA) is 108 Å². The second kappa shape index (κ2) is 8.96. The first-order chi connectivity index (χ1) is 15.0. The van der Waals surface area contributed by atoms with Crippen LogP contribution >= 0.6 is 0 Å². The minimum Gasteiger partial charge on any atom is -0.486 e. The van der Waals surface area contributed by atoms with Crippen LogP contribution in [0.4, 0.5) is 5.69 Å². The van der Waals surface area contributed by atoms with E-state index in [1.165, 1.54) is 16.4 Å². The lowest BCUT2D eigenvalue weighted by atomic mass is 10.1. The predicted octanol–water partition coefficient (Wildman–Crippen LogP) is 1.49. The number of sulfonamides is 1. The van der Waals surface area contributed by atoms with E-state index in [-0.39, 0.29) is 4.90 Å². The summed E-state index contributed by atoms with van der Waals surface area (Å²) in [5.74, 6) is 0.373. The molecule has 2 aliphatic rings. The van der Waals surface area contributed by atoms with Crippen molar-refractivity contribution in [2.24, 2.45) is 0 Å². The van der Waals surface area contributed by atoms with Gasteiger partial charge in [-0.15, -0.1) is 0 Å². The second-order valence-corrected chi connectivity index (χ2v) is 9.00. The Balaban J connectivity index is 1.48. The number of nitrogens with zero attached hydrogens (tertiary/aromatic N) is 2. The molecule has 31 heavy (non-hydrogen) atoms. The highest BCUT2D eigenvalue weighted by Crippen LogP contribution is 2.33. The number of nitrogens with one attached hydrogen (secondary N) is 1. The van der Waals surface area contributed by atoms with Crippen molar-refractivity contribution in [1.29, 1.82) is 0 Å². The summed E-state index contributed by atoms with van der Waals surface area (Å²) in [6, 6.07) is 12.2. The van der Waals surface area contributed by atoms with Gasteiger partial charge in [-0.3, -0.25) is 10.0 Å². The Labute approximate surface area is 180 Å². The number of carbonyl (C=O) groups is 1. The minimum atomic E-state index is -3.66. The first kappa shape index (κ1) is 21.2. The molecule has 1 saturated heterocycles. The molecule has 2 aromatic carbocycles. The summed E-state index contributed by atoms with van der Waals surface area (Å²) in [6.07, 6.45) is 2.85. The summed E-state index contributed by atoms with van der Waals surface area (Å²) in [7, 11) is -3.66. The van der Waals surface area contributed by atoms with E-state index in [0.29, 0.717) is 50.9 Å². The predicted molar refractivity (Wildman–Crippen MR) is 114 cm³/mol. The fraction of sp³-hybridized carbons (Fsp3) is 0.286. The van der Waals surface area contributed by atoms with Crippen molar-refractivity contribution in [3.05, 3.63) is 54.1 Å². The summed E-state index contributed by atoms with van der Waals surface area (Å²) in [4.78, 5) is 13.6. The van der Waals surface area contributed by atoms with Crippen molar-refractivity contribution in [1.82, 2.24) is 9.79 Å². The molecule has 10 heteroatoms. The van der Waals surface area contributed by atoms with Gasteiger partial charge in [0.15, 0.2) is 11.5 Å². The van der Waals surface area contributed by atoms with Crippen LogP contribution in [0.15, 0.2) is 53.4 Å². The summed E-state index contributed by atoms with van der Waals surface area (Å²) in [5.41, 5.74) is 3.25. The Bertz CT molecular complexity index is 1090. The van der Waals surface area contributed by atoms with Gasteiger partial charge in [-0.2, -0.15) is 4.31 Å². The fourth-order valence-electron chi connectivity index (χ4n) is 3.62. The average Bonchev–Trinajstić information content (AvgIpc) is 2.82. The number of rotatable bonds is 5. The van der Waals surface area contributed by atoms with Crippen LogP contribution in [0.1, 0.15) is 5.56 Å². The van der Waals surface area contributed by atoms with Gasteiger partial charge in [0.25, 0.3) is 5.91 Å². The molecular weight excluding hydrogens is 422 g/mol. The Morgan fingerprint density at radius 3 is 2.45 bits per heavy atom. The average molecular weight is 445 g/mol. The summed E-state index contributed by atoms with van der Waals surface area (Å²) in [5, 5.41) is 8.66. The van der Waals surface area contributed by atoms with Crippen LogP contribution in [0.5, 0.6) is 11.5 Å². The number of amides is 1. The number of anilines is 1. The number of fused-ring (bicyclic) bond motifs is 1. The molecule has 0 saturated carbocycles. The van der Waals surface area contributed by atoms with Crippen molar-refractivity contribution in [2.75, 3.05) is 44.3 Å². The van der Waals surface area contributed by atoms with E-state index in [4.69, 9.17) is 14.7 Å². The van der Waals surface area contributed by atoms with E-state index >= 15 is 0 Å². The highest BCUT2D eigenvalue weighted by molar-refractivity contribution is 7.89. The summed E-state index contributed by atoms with van der Waals surface area (Å²) in [6.45, 7) is 2.49. The zero-order chi connectivity index (χ0) is 21.8. The van der Waals surface area contributed by atoms with E-state index in [1.54, 1.807) is 23.7 Å². The maximum atomic E-state index is 13.1. The lowest BCUT2D eigenvalue weighted by Gasteiger charge is -2.36. The van der Waals surface area contributed by atoms with Crippen LogP contribution in [0, 0.1) is 0 Å². The molecule has 0 unspecified atom stereocenters. The van der Waals surface area contributed by atoms with Crippen molar-refractivity contribution in [2.45, 2.75) is 4.90 Å². The zero-order valence-electron chi connectivity index (χ0n) is 16.7. The van der Waals surface area contributed by atoms with Crippen molar-refractivity contribution >= 4 is 27.7 Å². The SMILES string of the molecule is O=C(C=Cc1ccccc1N1CCN(S(=O)(=O)c2ccc3c(c2)OCCO3)CC1)NO. The molecule has 1 fully saturated rings.